The maximum atomic E-state index is 13.3. The van der Waals surface area contributed by atoms with Gasteiger partial charge in [-0.05, 0) is 42.5 Å². The van der Waals surface area contributed by atoms with Crippen molar-refractivity contribution >= 4 is 55.2 Å². The zero-order valence-corrected chi connectivity index (χ0v) is 19.0. The second kappa shape index (κ2) is 7.87. The summed E-state index contributed by atoms with van der Waals surface area (Å²) in [5, 5.41) is 5.60. The number of hydrogen-bond acceptors (Lipinski definition) is 1. The summed E-state index contributed by atoms with van der Waals surface area (Å²) < 4.78 is 2.91. The fraction of sp³-hybridized carbons (Fsp3) is 0.0833. The quantitative estimate of drug-likeness (QED) is 0.284. The molecule has 3 N–H and O–H groups in total. The van der Waals surface area contributed by atoms with Crippen molar-refractivity contribution in [1.29, 1.82) is 0 Å². The van der Waals surface area contributed by atoms with Crippen molar-refractivity contribution in [2.24, 2.45) is 7.05 Å². The monoisotopic (exact) mass is 493 g/mol. The topological polar surface area (TPSA) is 64.6 Å². The van der Waals surface area contributed by atoms with Gasteiger partial charge in [-0.15, -0.1) is 0 Å². The minimum Gasteiger partial charge on any atom is -0.353 e. The van der Waals surface area contributed by atoms with E-state index in [0.717, 1.165) is 43.2 Å². The lowest BCUT2D eigenvalue weighted by atomic mass is 10.1. The van der Waals surface area contributed by atoms with E-state index in [-0.39, 0.29) is 5.91 Å². The lowest BCUT2D eigenvalue weighted by Crippen LogP contribution is -2.29. The smallest absolute Gasteiger partial charge is 0.254 e. The summed E-state index contributed by atoms with van der Waals surface area (Å²) in [6.45, 7) is 0.443. The van der Waals surface area contributed by atoms with E-state index in [1.807, 2.05) is 78.6 Å². The molecule has 31 heavy (non-hydrogen) atoms. The van der Waals surface area contributed by atoms with Gasteiger partial charge in [0.2, 0.25) is 0 Å². The van der Waals surface area contributed by atoms with Crippen LogP contribution in [0.25, 0.3) is 33.2 Å². The van der Waals surface area contributed by atoms with Crippen LogP contribution < -0.4 is 9.88 Å². The van der Waals surface area contributed by atoms with E-state index in [1.54, 1.807) is 0 Å². The first-order valence-electron chi connectivity index (χ1n) is 9.80. The van der Waals surface area contributed by atoms with Crippen LogP contribution in [-0.4, -0.2) is 15.9 Å². The molecule has 0 aliphatic carbocycles. The zero-order valence-electron chi connectivity index (χ0n) is 16.7. The van der Waals surface area contributed by atoms with Crippen molar-refractivity contribution in [2.75, 3.05) is 0 Å². The molecular formula is C24H19BrClN4O+. The first kappa shape index (κ1) is 19.8. The van der Waals surface area contributed by atoms with E-state index in [1.165, 1.54) is 0 Å². The van der Waals surface area contributed by atoms with Crippen LogP contribution in [0.3, 0.4) is 0 Å². The van der Waals surface area contributed by atoms with Gasteiger partial charge in [-0.2, -0.15) is 0 Å². The van der Waals surface area contributed by atoms with Gasteiger partial charge in [-0.1, -0.05) is 33.6 Å². The highest BCUT2D eigenvalue weighted by Crippen LogP contribution is 2.33. The van der Waals surface area contributed by atoms with Gasteiger partial charge < -0.3 is 15.3 Å². The standard InChI is InChI=1S/C24H18BrClN4O/c1-30-8-2-3-14(13-30)12-27-24(31)22-18-6-4-16(25)11-20(18)29-23(22)21-10-15-9-17(26)5-7-19(15)28-21/h2-11,13H,12H2,1H3,(H2-,27,28,29,31)/p+1. The molecule has 0 radical (unpaired) electrons. The van der Waals surface area contributed by atoms with Gasteiger partial charge in [0, 0.05) is 49.5 Å². The highest BCUT2D eigenvalue weighted by atomic mass is 79.9. The molecule has 0 bridgehead atoms. The SMILES string of the molecule is C[n+]1cccc(CNC(=O)c2c(-c3cc4cc(Cl)ccc4[nH]3)[nH]c3cc(Br)ccc23)c1. The Bertz CT molecular complexity index is 1450. The fourth-order valence-electron chi connectivity index (χ4n) is 3.87. The number of aromatic nitrogens is 3. The van der Waals surface area contributed by atoms with E-state index in [0.29, 0.717) is 17.1 Å². The summed E-state index contributed by atoms with van der Waals surface area (Å²) in [6.07, 6.45) is 3.96. The fourth-order valence-corrected chi connectivity index (χ4v) is 4.41. The summed E-state index contributed by atoms with van der Waals surface area (Å²) in [4.78, 5) is 20.2. The molecular weight excluding hydrogens is 476 g/mol. The van der Waals surface area contributed by atoms with Crippen molar-refractivity contribution in [2.45, 2.75) is 6.54 Å². The molecule has 0 spiro atoms. The highest BCUT2D eigenvalue weighted by Gasteiger charge is 2.21. The maximum Gasteiger partial charge on any atom is 0.254 e. The van der Waals surface area contributed by atoms with Crippen LogP contribution in [0, 0.1) is 0 Å². The number of fused-ring (bicyclic) bond motifs is 2. The Morgan fingerprint density at radius 3 is 2.81 bits per heavy atom. The second-order valence-electron chi connectivity index (χ2n) is 7.54. The summed E-state index contributed by atoms with van der Waals surface area (Å²) >= 11 is 9.67. The number of amides is 1. The van der Waals surface area contributed by atoms with Crippen LogP contribution in [0.4, 0.5) is 0 Å². The largest absolute Gasteiger partial charge is 0.353 e. The molecule has 0 atom stereocenters. The number of nitrogens with zero attached hydrogens (tertiary/aromatic N) is 1. The Kier molecular flexibility index (Phi) is 5.04. The van der Waals surface area contributed by atoms with Crippen LogP contribution in [0.5, 0.6) is 0 Å². The van der Waals surface area contributed by atoms with Crippen LogP contribution >= 0.6 is 27.5 Å². The van der Waals surface area contributed by atoms with Crippen LogP contribution in [-0.2, 0) is 13.6 Å². The van der Waals surface area contributed by atoms with E-state index in [4.69, 9.17) is 11.6 Å². The number of aromatic amines is 2. The first-order chi connectivity index (χ1) is 15.0. The summed E-state index contributed by atoms with van der Waals surface area (Å²) in [5.74, 6) is -0.133. The molecule has 0 aliphatic rings. The van der Waals surface area contributed by atoms with Gasteiger partial charge in [0.15, 0.2) is 12.4 Å². The number of carbonyl (C=O) groups excluding carboxylic acids is 1. The van der Waals surface area contributed by atoms with Gasteiger partial charge >= 0.3 is 0 Å². The van der Waals surface area contributed by atoms with Gasteiger partial charge in [-0.3, -0.25) is 4.79 Å². The molecule has 2 aromatic carbocycles. The minimum absolute atomic E-state index is 0.133. The molecule has 0 aliphatic heterocycles. The molecule has 154 valence electrons. The number of rotatable bonds is 4. The highest BCUT2D eigenvalue weighted by molar-refractivity contribution is 9.10. The van der Waals surface area contributed by atoms with E-state index in [2.05, 4.69) is 31.2 Å². The number of nitrogens with one attached hydrogen (secondary N) is 3. The third kappa shape index (κ3) is 3.84. The number of hydrogen-bond donors (Lipinski definition) is 3. The molecule has 5 aromatic rings. The van der Waals surface area contributed by atoms with E-state index >= 15 is 0 Å². The number of benzene rings is 2. The van der Waals surface area contributed by atoms with Crippen LogP contribution in [0.2, 0.25) is 5.02 Å². The lowest BCUT2D eigenvalue weighted by Gasteiger charge is -2.06. The Labute approximate surface area is 192 Å². The lowest BCUT2D eigenvalue weighted by molar-refractivity contribution is -0.671. The van der Waals surface area contributed by atoms with Crippen molar-refractivity contribution < 1.29 is 9.36 Å². The van der Waals surface area contributed by atoms with Crippen molar-refractivity contribution in [1.82, 2.24) is 15.3 Å². The third-order valence-electron chi connectivity index (χ3n) is 5.29. The molecule has 0 fully saturated rings. The molecule has 5 nitrogen and oxygen atoms in total. The molecule has 5 rings (SSSR count). The molecule has 0 saturated heterocycles. The Morgan fingerprint density at radius 1 is 1.10 bits per heavy atom. The van der Waals surface area contributed by atoms with E-state index < -0.39 is 0 Å². The molecule has 3 heterocycles. The van der Waals surface area contributed by atoms with Crippen molar-refractivity contribution in [3.63, 3.8) is 0 Å². The van der Waals surface area contributed by atoms with Gasteiger partial charge in [0.1, 0.15) is 7.05 Å². The number of pyridine rings is 1. The predicted octanol–water partition coefficient (Wildman–Crippen LogP) is 5.49. The minimum atomic E-state index is -0.133. The number of halogens is 2. The maximum absolute atomic E-state index is 13.3. The number of aryl methyl sites for hydroxylation is 1. The number of H-pyrrole nitrogens is 2. The predicted molar refractivity (Wildman–Crippen MR) is 127 cm³/mol. The first-order valence-corrected chi connectivity index (χ1v) is 11.0. The molecule has 1 amide bonds. The third-order valence-corrected chi connectivity index (χ3v) is 6.02. The zero-order chi connectivity index (χ0) is 21.5. The molecule has 3 aromatic heterocycles. The van der Waals surface area contributed by atoms with E-state index in [9.17, 15) is 4.79 Å². The average Bonchev–Trinajstić information content (AvgIpc) is 3.32. The Morgan fingerprint density at radius 2 is 1.97 bits per heavy atom. The van der Waals surface area contributed by atoms with Gasteiger partial charge in [0.05, 0.1) is 17.0 Å². The van der Waals surface area contributed by atoms with Gasteiger partial charge in [0.25, 0.3) is 5.91 Å². The average molecular weight is 495 g/mol. The van der Waals surface area contributed by atoms with Crippen LogP contribution in [0.15, 0.2) is 71.5 Å². The summed E-state index contributed by atoms with van der Waals surface area (Å²) in [6, 6.07) is 17.5. The van der Waals surface area contributed by atoms with Crippen molar-refractivity contribution in [3.05, 3.63) is 87.6 Å². The van der Waals surface area contributed by atoms with Gasteiger partial charge in [-0.25, -0.2) is 4.57 Å². The molecule has 7 heteroatoms. The Balaban J connectivity index is 1.59. The Hall–Kier alpha value is -3.09. The summed E-state index contributed by atoms with van der Waals surface area (Å²) in [5.41, 5.74) is 5.07. The number of carbonyl (C=O) groups is 1. The normalized spacial score (nSPS) is 11.3. The van der Waals surface area contributed by atoms with Crippen molar-refractivity contribution in [3.8, 4) is 11.4 Å². The second-order valence-corrected chi connectivity index (χ2v) is 8.89. The summed E-state index contributed by atoms with van der Waals surface area (Å²) in [7, 11) is 1.96. The molecule has 0 saturated carbocycles. The van der Waals surface area contributed by atoms with Crippen LogP contribution in [0.1, 0.15) is 15.9 Å². The molecule has 0 unspecified atom stereocenters.